The van der Waals surface area contributed by atoms with E-state index in [0.29, 0.717) is 0 Å². The van der Waals surface area contributed by atoms with Crippen LogP contribution in [-0.4, -0.2) is 51.6 Å². The van der Waals surface area contributed by atoms with E-state index < -0.39 is 35.3 Å². The fourth-order valence-electron chi connectivity index (χ4n) is 3.73. The van der Waals surface area contributed by atoms with Crippen molar-refractivity contribution in [3.05, 3.63) is 34.4 Å². The summed E-state index contributed by atoms with van der Waals surface area (Å²) in [5.41, 5.74) is 2.06. The molecule has 8 nitrogen and oxygen atoms in total. The second-order valence-electron chi connectivity index (χ2n) is 9.96. The van der Waals surface area contributed by atoms with Gasteiger partial charge in [0.25, 0.3) is 0 Å². The molecule has 10 heteroatoms. The van der Waals surface area contributed by atoms with Gasteiger partial charge in [0.05, 0.1) is 31.3 Å². The van der Waals surface area contributed by atoms with Crippen LogP contribution < -0.4 is 0 Å². The summed E-state index contributed by atoms with van der Waals surface area (Å²) in [4.78, 5) is 37.4. The first-order chi connectivity index (χ1) is 14.1. The van der Waals surface area contributed by atoms with Gasteiger partial charge in [-0.1, -0.05) is 59.2 Å². The Bertz CT molecular complexity index is 663. The average molecular weight is 480 g/mol. The highest BCUT2D eigenvalue weighted by atomic mass is 31.2. The van der Waals surface area contributed by atoms with Crippen LogP contribution in [-0.2, 0) is 24.6 Å². The van der Waals surface area contributed by atoms with Crippen LogP contribution in [0.4, 0.5) is 0 Å². The van der Waals surface area contributed by atoms with Gasteiger partial charge in [-0.15, -0.1) is 0 Å². The van der Waals surface area contributed by atoms with E-state index in [1.807, 2.05) is 6.92 Å². The van der Waals surface area contributed by atoms with Crippen LogP contribution in [0.5, 0.6) is 0 Å². The van der Waals surface area contributed by atoms with Crippen LogP contribution >= 0.6 is 17.2 Å². The van der Waals surface area contributed by atoms with Crippen LogP contribution in [0.25, 0.3) is 0 Å². The largest absolute Gasteiger partial charge is 0.395 e. The van der Waals surface area contributed by atoms with E-state index in [9.17, 15) is 24.7 Å². The minimum Gasteiger partial charge on any atom is -0.395 e. The molecule has 0 aromatic heterocycles. The fourth-order valence-corrected chi connectivity index (χ4v) is 4.48. The van der Waals surface area contributed by atoms with Gasteiger partial charge in [-0.05, 0) is 34.4 Å². The van der Waals surface area contributed by atoms with Crippen LogP contribution in [0.2, 0.25) is 0 Å². The zero-order valence-electron chi connectivity index (χ0n) is 19.7. The van der Waals surface area contributed by atoms with Crippen molar-refractivity contribution in [1.82, 2.24) is 0 Å². The van der Waals surface area contributed by atoms with Crippen molar-refractivity contribution >= 4 is 17.2 Å². The molecule has 0 aliphatic rings. The fraction of sp³-hybridized carbons (Fsp3) is 0.714. The molecule has 1 aromatic carbocycles. The van der Waals surface area contributed by atoms with E-state index in [4.69, 9.17) is 13.8 Å². The highest BCUT2D eigenvalue weighted by Gasteiger charge is 2.45. The Morgan fingerprint density at radius 3 is 1.48 bits per heavy atom. The molecule has 31 heavy (non-hydrogen) atoms. The smallest absolute Gasteiger partial charge is 0.327 e. The van der Waals surface area contributed by atoms with E-state index in [1.165, 1.54) is 7.11 Å². The molecule has 0 spiro atoms. The van der Waals surface area contributed by atoms with Gasteiger partial charge in [-0.2, -0.15) is 0 Å². The molecule has 1 rings (SSSR count). The molecule has 1 unspecified atom stereocenters. The summed E-state index contributed by atoms with van der Waals surface area (Å²) in [6.07, 6.45) is -0.800. The molecule has 180 valence electrons. The lowest BCUT2D eigenvalue weighted by atomic mass is 9.69. The number of aryl methyl sites for hydroxylation is 1. The van der Waals surface area contributed by atoms with Gasteiger partial charge in [0.2, 0.25) is 0 Å². The third-order valence-electron chi connectivity index (χ3n) is 5.24. The van der Waals surface area contributed by atoms with Gasteiger partial charge in [-0.3, -0.25) is 0 Å². The SMILES string of the molecule is COC(c1c(C(C)(C)C)cc(C)cc1C(C)(C)C)C(CO)(COP(O)O)COP(O)O. The Balaban J connectivity index is 3.88. The Morgan fingerprint density at radius 1 is 0.839 bits per heavy atom. The van der Waals surface area contributed by atoms with Gasteiger partial charge in [0.1, 0.15) is 0 Å². The van der Waals surface area contributed by atoms with Crippen molar-refractivity contribution < 1.29 is 38.5 Å². The number of hydrogen-bond acceptors (Lipinski definition) is 8. The number of methoxy groups -OCH3 is 1. The van der Waals surface area contributed by atoms with Crippen molar-refractivity contribution in [3.8, 4) is 0 Å². The van der Waals surface area contributed by atoms with Gasteiger partial charge < -0.3 is 38.5 Å². The summed E-state index contributed by atoms with van der Waals surface area (Å²) >= 11 is 0. The summed E-state index contributed by atoms with van der Waals surface area (Å²) < 4.78 is 16.2. The predicted octanol–water partition coefficient (Wildman–Crippen LogP) is 3.71. The summed E-state index contributed by atoms with van der Waals surface area (Å²) in [6, 6.07) is 4.16. The van der Waals surface area contributed by atoms with E-state index in [0.717, 1.165) is 22.3 Å². The molecule has 0 saturated carbocycles. The van der Waals surface area contributed by atoms with E-state index in [-0.39, 0.29) is 24.0 Å². The number of aliphatic hydroxyl groups excluding tert-OH is 1. The third-order valence-corrected chi connectivity index (χ3v) is 5.96. The minimum atomic E-state index is -2.70. The van der Waals surface area contributed by atoms with Crippen LogP contribution in [0, 0.1) is 12.3 Å². The molecular weight excluding hydrogens is 442 g/mol. The molecule has 0 aliphatic carbocycles. The minimum absolute atomic E-state index is 0.276. The Morgan fingerprint density at radius 2 is 1.23 bits per heavy atom. The molecule has 5 N–H and O–H groups in total. The molecular formula is C21H38O8P2. The quantitative estimate of drug-likeness (QED) is 0.321. The lowest BCUT2D eigenvalue weighted by Crippen LogP contribution is -2.43. The Kier molecular flexibility index (Phi) is 10.5. The van der Waals surface area contributed by atoms with Gasteiger partial charge >= 0.3 is 17.2 Å². The van der Waals surface area contributed by atoms with Crippen molar-refractivity contribution in [2.75, 3.05) is 26.9 Å². The molecule has 0 radical (unpaired) electrons. The monoisotopic (exact) mass is 480 g/mol. The number of aliphatic hydroxyl groups is 1. The number of hydrogen-bond donors (Lipinski definition) is 5. The molecule has 0 fully saturated rings. The lowest BCUT2D eigenvalue weighted by Gasteiger charge is -2.42. The number of rotatable bonds is 10. The second kappa shape index (κ2) is 11.3. The Labute approximate surface area is 188 Å². The van der Waals surface area contributed by atoms with Gasteiger partial charge in [0.15, 0.2) is 0 Å². The highest BCUT2D eigenvalue weighted by molar-refractivity contribution is 7.39. The maximum absolute atomic E-state index is 10.5. The summed E-state index contributed by atoms with van der Waals surface area (Å²) in [5.74, 6) is 0. The zero-order chi connectivity index (χ0) is 24.2. The molecule has 1 atom stereocenters. The zero-order valence-corrected chi connectivity index (χ0v) is 21.5. The number of benzene rings is 1. The molecule has 0 bridgehead atoms. The third kappa shape index (κ3) is 7.65. The molecule has 0 amide bonds. The lowest BCUT2D eigenvalue weighted by molar-refractivity contribution is -0.0953. The first-order valence-electron chi connectivity index (χ1n) is 10.00. The summed E-state index contributed by atoms with van der Waals surface area (Å²) in [5, 5.41) is 10.5. The standard InChI is InChI=1S/C21H38O8P2/c1-14-9-15(19(2,3)4)17(16(10-14)20(5,6)7)18(27-8)21(11-22,12-28-30(23)24)13-29-31(25)26/h9-10,18,22-26H,11-13H2,1-8H3. The van der Waals surface area contributed by atoms with Crippen LogP contribution in [0.15, 0.2) is 12.1 Å². The van der Waals surface area contributed by atoms with Crippen molar-refractivity contribution in [3.63, 3.8) is 0 Å². The maximum Gasteiger partial charge on any atom is 0.327 e. The normalized spacial score (nSPS) is 14.5. The maximum atomic E-state index is 10.5. The van der Waals surface area contributed by atoms with E-state index in [2.05, 4.69) is 53.7 Å². The van der Waals surface area contributed by atoms with E-state index in [1.54, 1.807) is 0 Å². The van der Waals surface area contributed by atoms with Crippen molar-refractivity contribution in [2.24, 2.45) is 5.41 Å². The number of ether oxygens (including phenoxy) is 1. The van der Waals surface area contributed by atoms with Gasteiger partial charge in [-0.25, -0.2) is 0 Å². The van der Waals surface area contributed by atoms with Crippen LogP contribution in [0.3, 0.4) is 0 Å². The molecule has 1 aromatic rings. The summed E-state index contributed by atoms with van der Waals surface area (Å²) in [7, 11) is -3.91. The van der Waals surface area contributed by atoms with Gasteiger partial charge in [0, 0.05) is 7.11 Å². The van der Waals surface area contributed by atoms with Crippen LogP contribution in [0.1, 0.15) is 69.9 Å². The highest BCUT2D eigenvalue weighted by Crippen LogP contribution is 2.48. The first-order valence-corrected chi connectivity index (χ1v) is 12.3. The van der Waals surface area contributed by atoms with E-state index >= 15 is 0 Å². The van der Waals surface area contributed by atoms with Crippen molar-refractivity contribution in [1.29, 1.82) is 0 Å². The molecule has 0 heterocycles. The van der Waals surface area contributed by atoms with Crippen molar-refractivity contribution in [2.45, 2.75) is 65.4 Å². The Hall–Kier alpha value is -0.240. The topological polar surface area (TPSA) is 129 Å². The average Bonchev–Trinajstić information content (AvgIpc) is 2.62. The first kappa shape index (κ1) is 28.8. The second-order valence-corrected chi connectivity index (χ2v) is 11.5. The molecule has 0 saturated heterocycles. The summed E-state index contributed by atoms with van der Waals surface area (Å²) in [6.45, 7) is 13.3. The molecule has 0 aliphatic heterocycles. The predicted molar refractivity (Wildman–Crippen MR) is 122 cm³/mol.